The third kappa shape index (κ3) is 4.06. The number of carbonyl (C=O) groups excluding carboxylic acids is 1. The summed E-state index contributed by atoms with van der Waals surface area (Å²) in [6.07, 6.45) is 4.37. The SMILES string of the molecule is CCCCC(CC)C(=O)C(O)(P)CC. The lowest BCUT2D eigenvalue weighted by Gasteiger charge is -2.25. The van der Waals surface area contributed by atoms with E-state index in [1.165, 1.54) is 0 Å². The van der Waals surface area contributed by atoms with Gasteiger partial charge in [0, 0.05) is 5.92 Å². The van der Waals surface area contributed by atoms with E-state index in [0.717, 1.165) is 25.7 Å². The van der Waals surface area contributed by atoms with E-state index in [1.54, 1.807) is 0 Å². The van der Waals surface area contributed by atoms with Crippen LogP contribution in [0.1, 0.15) is 52.9 Å². The highest BCUT2D eigenvalue weighted by Crippen LogP contribution is 2.27. The van der Waals surface area contributed by atoms with Gasteiger partial charge in [0.05, 0.1) is 0 Å². The molecule has 0 aromatic heterocycles. The van der Waals surface area contributed by atoms with Gasteiger partial charge in [0.25, 0.3) is 0 Å². The van der Waals surface area contributed by atoms with Gasteiger partial charge >= 0.3 is 0 Å². The van der Waals surface area contributed by atoms with Gasteiger partial charge in [-0.15, -0.1) is 0 Å². The van der Waals surface area contributed by atoms with Crippen molar-refractivity contribution in [2.75, 3.05) is 0 Å². The Kier molecular flexibility index (Phi) is 6.55. The first kappa shape index (κ1) is 14.1. The molecule has 3 heteroatoms. The maximum Gasteiger partial charge on any atom is 0.171 e. The largest absolute Gasteiger partial charge is 0.378 e. The highest BCUT2D eigenvalue weighted by molar-refractivity contribution is 7.20. The molecule has 0 saturated heterocycles. The van der Waals surface area contributed by atoms with E-state index in [1.807, 2.05) is 13.8 Å². The number of aliphatic hydroxyl groups is 1. The van der Waals surface area contributed by atoms with Crippen LogP contribution in [0.15, 0.2) is 0 Å². The standard InChI is InChI=1S/C11H23O2P/c1-4-7-8-9(5-2)10(12)11(13,14)6-3/h9,13H,4-8,14H2,1-3H3. The first-order valence-corrected chi connectivity index (χ1v) is 6.12. The molecule has 0 radical (unpaired) electrons. The van der Waals surface area contributed by atoms with Crippen molar-refractivity contribution in [2.45, 2.75) is 58.2 Å². The minimum atomic E-state index is -1.20. The first-order chi connectivity index (χ1) is 6.49. The maximum atomic E-state index is 11.9. The number of unbranched alkanes of at least 4 members (excludes halogenated alkanes) is 1. The fourth-order valence-electron chi connectivity index (χ4n) is 1.50. The van der Waals surface area contributed by atoms with E-state index in [4.69, 9.17) is 0 Å². The molecule has 0 saturated carbocycles. The molecule has 0 fully saturated rings. The van der Waals surface area contributed by atoms with Crippen molar-refractivity contribution in [3.8, 4) is 0 Å². The minimum absolute atomic E-state index is 0.0130. The van der Waals surface area contributed by atoms with Crippen LogP contribution in [-0.2, 0) is 4.79 Å². The molecule has 0 aromatic rings. The first-order valence-electron chi connectivity index (χ1n) is 5.55. The molecular formula is C11H23O2P. The Hall–Kier alpha value is 0.0600. The zero-order valence-corrected chi connectivity index (χ0v) is 10.7. The predicted molar refractivity (Wildman–Crippen MR) is 63.3 cm³/mol. The Morgan fingerprint density at radius 1 is 1.43 bits per heavy atom. The van der Waals surface area contributed by atoms with Gasteiger partial charge in [0.1, 0.15) is 5.34 Å². The van der Waals surface area contributed by atoms with E-state index in [-0.39, 0.29) is 11.7 Å². The second kappa shape index (κ2) is 6.53. The van der Waals surface area contributed by atoms with Crippen LogP contribution >= 0.6 is 9.24 Å². The van der Waals surface area contributed by atoms with Gasteiger partial charge in [-0.2, -0.15) is 0 Å². The molecule has 2 nitrogen and oxygen atoms in total. The number of hydrogen-bond donors (Lipinski definition) is 1. The van der Waals surface area contributed by atoms with Crippen molar-refractivity contribution < 1.29 is 9.90 Å². The third-order valence-corrected chi connectivity index (χ3v) is 3.43. The van der Waals surface area contributed by atoms with Crippen LogP contribution in [-0.4, -0.2) is 16.2 Å². The van der Waals surface area contributed by atoms with Crippen LogP contribution in [0.3, 0.4) is 0 Å². The molecule has 0 heterocycles. The van der Waals surface area contributed by atoms with E-state index < -0.39 is 5.34 Å². The number of Topliss-reactive ketones (excluding diaryl/α,β-unsaturated/α-hetero) is 1. The Morgan fingerprint density at radius 3 is 2.36 bits per heavy atom. The predicted octanol–water partition coefficient (Wildman–Crippen LogP) is 2.75. The molecule has 0 aliphatic carbocycles. The smallest absolute Gasteiger partial charge is 0.171 e. The quantitative estimate of drug-likeness (QED) is 0.667. The molecule has 0 spiro atoms. The zero-order chi connectivity index (χ0) is 11.2. The summed E-state index contributed by atoms with van der Waals surface area (Å²) in [6, 6.07) is 0. The highest BCUT2D eigenvalue weighted by atomic mass is 31.0. The van der Waals surface area contributed by atoms with Gasteiger partial charge in [-0.1, -0.05) is 42.9 Å². The summed E-state index contributed by atoms with van der Waals surface area (Å²) in [7, 11) is 2.28. The molecule has 0 aromatic carbocycles. The number of ketones is 1. The van der Waals surface area contributed by atoms with Crippen LogP contribution in [0.5, 0.6) is 0 Å². The molecule has 0 amide bonds. The van der Waals surface area contributed by atoms with Crippen molar-refractivity contribution in [3.63, 3.8) is 0 Å². The summed E-state index contributed by atoms with van der Waals surface area (Å²) in [5.41, 5.74) is 0. The van der Waals surface area contributed by atoms with Gasteiger partial charge in [0.15, 0.2) is 5.78 Å². The summed E-state index contributed by atoms with van der Waals surface area (Å²) in [5.74, 6) is 0.0124. The summed E-state index contributed by atoms with van der Waals surface area (Å²) in [5, 5.41) is 8.61. The van der Waals surface area contributed by atoms with Crippen LogP contribution in [0, 0.1) is 5.92 Å². The second-order valence-electron chi connectivity index (χ2n) is 3.89. The molecule has 14 heavy (non-hydrogen) atoms. The third-order valence-electron chi connectivity index (χ3n) is 2.74. The lowest BCUT2D eigenvalue weighted by atomic mass is 9.90. The number of hydrogen-bond acceptors (Lipinski definition) is 2. The van der Waals surface area contributed by atoms with Gasteiger partial charge in [-0.3, -0.25) is 4.79 Å². The summed E-state index contributed by atoms with van der Waals surface area (Å²) in [6.45, 7) is 5.95. The molecular weight excluding hydrogens is 195 g/mol. The van der Waals surface area contributed by atoms with Crippen molar-refractivity contribution in [3.05, 3.63) is 0 Å². The van der Waals surface area contributed by atoms with E-state index in [0.29, 0.717) is 6.42 Å². The molecule has 1 N–H and O–H groups in total. The number of carbonyl (C=O) groups is 1. The normalized spacial score (nSPS) is 17.5. The van der Waals surface area contributed by atoms with Crippen molar-refractivity contribution >= 4 is 15.0 Å². The summed E-state index contributed by atoms with van der Waals surface area (Å²) in [4.78, 5) is 11.9. The summed E-state index contributed by atoms with van der Waals surface area (Å²) < 4.78 is 0. The Bertz CT molecular complexity index is 178. The fraction of sp³-hybridized carbons (Fsp3) is 0.909. The molecule has 0 rings (SSSR count). The van der Waals surface area contributed by atoms with Crippen molar-refractivity contribution in [2.24, 2.45) is 5.92 Å². The molecule has 3 unspecified atom stereocenters. The lowest BCUT2D eigenvalue weighted by Crippen LogP contribution is -2.36. The summed E-state index contributed by atoms with van der Waals surface area (Å²) >= 11 is 0. The Morgan fingerprint density at radius 2 is 2.00 bits per heavy atom. The van der Waals surface area contributed by atoms with E-state index in [2.05, 4.69) is 16.2 Å². The molecule has 0 aliphatic rings. The van der Waals surface area contributed by atoms with Crippen LogP contribution in [0.2, 0.25) is 0 Å². The average Bonchev–Trinajstić information content (AvgIpc) is 2.18. The molecule has 84 valence electrons. The van der Waals surface area contributed by atoms with Crippen molar-refractivity contribution in [1.29, 1.82) is 0 Å². The van der Waals surface area contributed by atoms with Gasteiger partial charge in [-0.25, -0.2) is 0 Å². The lowest BCUT2D eigenvalue weighted by molar-refractivity contribution is -0.134. The zero-order valence-electron chi connectivity index (χ0n) is 9.55. The average molecular weight is 218 g/mol. The molecule has 0 bridgehead atoms. The van der Waals surface area contributed by atoms with Crippen LogP contribution < -0.4 is 0 Å². The molecule has 0 aliphatic heterocycles. The van der Waals surface area contributed by atoms with E-state index in [9.17, 15) is 9.90 Å². The maximum absolute atomic E-state index is 11.9. The highest BCUT2D eigenvalue weighted by Gasteiger charge is 2.32. The Labute approximate surface area is 89.7 Å². The fourth-order valence-corrected chi connectivity index (χ4v) is 1.73. The molecule has 3 atom stereocenters. The second-order valence-corrected chi connectivity index (χ2v) is 4.84. The van der Waals surface area contributed by atoms with Crippen LogP contribution in [0.25, 0.3) is 0 Å². The van der Waals surface area contributed by atoms with Crippen molar-refractivity contribution in [1.82, 2.24) is 0 Å². The van der Waals surface area contributed by atoms with Crippen LogP contribution in [0.4, 0.5) is 0 Å². The monoisotopic (exact) mass is 218 g/mol. The minimum Gasteiger partial charge on any atom is -0.378 e. The van der Waals surface area contributed by atoms with Gasteiger partial charge in [0.2, 0.25) is 0 Å². The van der Waals surface area contributed by atoms with Gasteiger partial charge in [-0.05, 0) is 19.3 Å². The topological polar surface area (TPSA) is 37.3 Å². The number of rotatable bonds is 7. The van der Waals surface area contributed by atoms with E-state index >= 15 is 0 Å². The Balaban J connectivity index is 4.30. The van der Waals surface area contributed by atoms with Gasteiger partial charge < -0.3 is 5.11 Å².